The highest BCUT2D eigenvalue weighted by molar-refractivity contribution is 6.39. The van der Waals surface area contributed by atoms with Gasteiger partial charge in [0.15, 0.2) is 6.73 Å². The molecule has 3 aromatic rings. The Hall–Kier alpha value is -4.39. The molecule has 2 aliphatic heterocycles. The number of ketones is 1. The van der Waals surface area contributed by atoms with E-state index in [-0.39, 0.29) is 23.8 Å². The van der Waals surface area contributed by atoms with E-state index in [0.29, 0.717) is 28.2 Å². The lowest BCUT2D eigenvalue weighted by atomic mass is 10.0. The lowest BCUT2D eigenvalue weighted by Gasteiger charge is -2.17. The molecule has 2 aliphatic rings. The Labute approximate surface area is 177 Å². The van der Waals surface area contributed by atoms with E-state index in [1.807, 2.05) is 12.1 Å². The molecule has 3 aromatic carbocycles. The first-order valence-electron chi connectivity index (χ1n) is 9.68. The van der Waals surface area contributed by atoms with Crippen molar-refractivity contribution in [1.29, 1.82) is 0 Å². The summed E-state index contributed by atoms with van der Waals surface area (Å²) in [5, 5.41) is 5.69. The summed E-state index contributed by atoms with van der Waals surface area (Å²) >= 11 is 0. The van der Waals surface area contributed by atoms with Crippen LogP contribution < -0.4 is 15.5 Å². The monoisotopic (exact) mass is 411 g/mol. The molecule has 0 radical (unpaired) electrons. The summed E-state index contributed by atoms with van der Waals surface area (Å²) in [6, 6.07) is 23.1. The average molecular weight is 411 g/mol. The van der Waals surface area contributed by atoms with Gasteiger partial charge in [0.25, 0.3) is 5.91 Å². The average Bonchev–Trinajstić information content (AvgIpc) is 3.26. The molecular formula is C24H17N3O4. The number of fused-ring (bicyclic) bond motifs is 2. The number of para-hydroxylation sites is 3. The highest BCUT2D eigenvalue weighted by Crippen LogP contribution is 2.41. The molecule has 2 N–H and O–H groups in total. The minimum atomic E-state index is -0.681. The van der Waals surface area contributed by atoms with Crippen LogP contribution >= 0.6 is 0 Å². The number of allylic oxidation sites excluding steroid dienone is 1. The standard InChI is InChI=1S/C24H17N3O4/c28-22-16-10-4-6-12-18(16)26-21(22)20-17-11-5-7-13-19(17)27(23(20)29)14-31-24(30)25-15-8-2-1-3-9-15/h1-13,26H,14H2,(H,25,30)/b21-20-. The molecule has 7 heteroatoms. The number of Topliss-reactive ketones (excluding diaryl/α,β-unsaturated/α-hetero) is 1. The number of nitrogens with zero attached hydrogens (tertiary/aromatic N) is 1. The normalized spacial score (nSPS) is 16.6. The second-order valence-electron chi connectivity index (χ2n) is 7.05. The van der Waals surface area contributed by atoms with Crippen LogP contribution in [0.15, 0.2) is 84.6 Å². The van der Waals surface area contributed by atoms with Gasteiger partial charge in [-0.1, -0.05) is 48.5 Å². The molecule has 0 unspecified atom stereocenters. The molecule has 0 bridgehead atoms. The Morgan fingerprint density at radius 2 is 1.55 bits per heavy atom. The number of hydrogen-bond acceptors (Lipinski definition) is 5. The fourth-order valence-corrected chi connectivity index (χ4v) is 3.74. The maximum Gasteiger partial charge on any atom is 0.413 e. The molecule has 5 rings (SSSR count). The highest BCUT2D eigenvalue weighted by Gasteiger charge is 2.39. The molecule has 0 atom stereocenters. The zero-order valence-corrected chi connectivity index (χ0v) is 16.3. The summed E-state index contributed by atoms with van der Waals surface area (Å²) in [4.78, 5) is 39.7. The van der Waals surface area contributed by atoms with Crippen molar-refractivity contribution < 1.29 is 19.1 Å². The predicted molar refractivity (Wildman–Crippen MR) is 117 cm³/mol. The van der Waals surface area contributed by atoms with Crippen molar-refractivity contribution in [2.24, 2.45) is 0 Å². The van der Waals surface area contributed by atoms with E-state index in [4.69, 9.17) is 4.74 Å². The molecule has 31 heavy (non-hydrogen) atoms. The summed E-state index contributed by atoms with van der Waals surface area (Å²) in [5.41, 5.74) is 3.46. The molecule has 0 fully saturated rings. The van der Waals surface area contributed by atoms with Gasteiger partial charge in [0.2, 0.25) is 5.78 Å². The molecule has 0 saturated carbocycles. The van der Waals surface area contributed by atoms with Crippen LogP contribution in [0.2, 0.25) is 0 Å². The van der Waals surface area contributed by atoms with Crippen molar-refractivity contribution in [1.82, 2.24) is 0 Å². The van der Waals surface area contributed by atoms with E-state index in [2.05, 4.69) is 10.6 Å². The number of anilines is 3. The number of hydrogen-bond donors (Lipinski definition) is 2. The Morgan fingerprint density at radius 3 is 2.32 bits per heavy atom. The van der Waals surface area contributed by atoms with Gasteiger partial charge in [-0.25, -0.2) is 4.79 Å². The van der Waals surface area contributed by atoms with E-state index in [1.54, 1.807) is 66.7 Å². The summed E-state index contributed by atoms with van der Waals surface area (Å²) < 4.78 is 5.28. The van der Waals surface area contributed by atoms with Gasteiger partial charge in [0, 0.05) is 22.5 Å². The molecule has 0 spiro atoms. The SMILES string of the molecule is O=C(Nc1ccccc1)OCN1C(=O)/C(=C2\Nc3ccccc3C2=O)c2ccccc21. The Kier molecular flexibility index (Phi) is 4.48. The highest BCUT2D eigenvalue weighted by atomic mass is 16.6. The molecule has 152 valence electrons. The van der Waals surface area contributed by atoms with Crippen molar-refractivity contribution in [3.63, 3.8) is 0 Å². The third-order valence-corrected chi connectivity index (χ3v) is 5.18. The number of carbonyl (C=O) groups excluding carboxylic acids is 3. The maximum absolute atomic E-state index is 13.3. The summed E-state index contributed by atoms with van der Waals surface area (Å²) in [6.45, 7) is -0.285. The second kappa shape index (κ2) is 7.46. The lowest BCUT2D eigenvalue weighted by molar-refractivity contribution is -0.113. The zero-order valence-electron chi connectivity index (χ0n) is 16.3. The molecule has 2 amide bonds. The summed E-state index contributed by atoms with van der Waals surface area (Å²) in [5.74, 6) is -0.643. The smallest absolute Gasteiger partial charge is 0.413 e. The van der Waals surface area contributed by atoms with Gasteiger partial charge in [-0.05, 0) is 30.3 Å². The van der Waals surface area contributed by atoms with Gasteiger partial charge < -0.3 is 10.1 Å². The van der Waals surface area contributed by atoms with Gasteiger partial charge in [-0.2, -0.15) is 0 Å². The molecule has 0 aliphatic carbocycles. The van der Waals surface area contributed by atoms with Crippen molar-refractivity contribution in [3.05, 3.63) is 95.7 Å². The first kappa shape index (κ1) is 18.6. The van der Waals surface area contributed by atoms with E-state index >= 15 is 0 Å². The van der Waals surface area contributed by atoms with Crippen LogP contribution in [-0.4, -0.2) is 24.5 Å². The maximum atomic E-state index is 13.3. The van der Waals surface area contributed by atoms with Gasteiger partial charge in [0.05, 0.1) is 11.3 Å². The van der Waals surface area contributed by atoms with Crippen molar-refractivity contribution in [2.75, 3.05) is 22.3 Å². The topological polar surface area (TPSA) is 87.7 Å². The first-order valence-corrected chi connectivity index (χ1v) is 9.68. The van der Waals surface area contributed by atoms with Gasteiger partial charge in [-0.3, -0.25) is 19.8 Å². The van der Waals surface area contributed by atoms with Crippen LogP contribution in [-0.2, 0) is 9.53 Å². The zero-order chi connectivity index (χ0) is 21.4. The lowest BCUT2D eigenvalue weighted by Crippen LogP contribution is -2.32. The molecule has 0 aromatic heterocycles. The van der Waals surface area contributed by atoms with E-state index in [9.17, 15) is 14.4 Å². The molecule has 0 saturated heterocycles. The van der Waals surface area contributed by atoms with Gasteiger partial charge in [0.1, 0.15) is 5.70 Å². The summed E-state index contributed by atoms with van der Waals surface area (Å²) in [7, 11) is 0. The molecule has 2 heterocycles. The largest absolute Gasteiger partial charge is 0.427 e. The fourth-order valence-electron chi connectivity index (χ4n) is 3.74. The quantitative estimate of drug-likeness (QED) is 0.629. The molecular weight excluding hydrogens is 394 g/mol. The van der Waals surface area contributed by atoms with E-state index < -0.39 is 12.0 Å². The Balaban J connectivity index is 1.42. The van der Waals surface area contributed by atoms with Crippen molar-refractivity contribution in [2.45, 2.75) is 0 Å². The predicted octanol–water partition coefficient (Wildman–Crippen LogP) is 4.26. The Morgan fingerprint density at radius 1 is 0.871 bits per heavy atom. The number of carbonyl (C=O) groups is 3. The minimum Gasteiger partial charge on any atom is -0.427 e. The fraction of sp³-hybridized carbons (Fsp3) is 0.0417. The van der Waals surface area contributed by atoms with Crippen molar-refractivity contribution >= 4 is 40.4 Å². The minimum absolute atomic E-state index is 0.231. The third kappa shape index (κ3) is 3.22. The number of amides is 2. The molecule has 7 nitrogen and oxygen atoms in total. The van der Waals surface area contributed by atoms with Crippen molar-refractivity contribution in [3.8, 4) is 0 Å². The van der Waals surface area contributed by atoms with Crippen LogP contribution in [0.4, 0.5) is 21.9 Å². The Bertz CT molecular complexity index is 1250. The summed E-state index contributed by atoms with van der Waals surface area (Å²) in [6.07, 6.45) is -0.681. The van der Waals surface area contributed by atoms with E-state index in [0.717, 1.165) is 0 Å². The number of ether oxygens (including phenoxy) is 1. The first-order chi connectivity index (χ1) is 15.1. The van der Waals surface area contributed by atoms with Crippen LogP contribution in [0.3, 0.4) is 0 Å². The second-order valence-corrected chi connectivity index (χ2v) is 7.05. The van der Waals surface area contributed by atoms with Crippen LogP contribution in [0.1, 0.15) is 15.9 Å². The van der Waals surface area contributed by atoms with Gasteiger partial charge in [-0.15, -0.1) is 0 Å². The van der Waals surface area contributed by atoms with Crippen LogP contribution in [0.25, 0.3) is 5.57 Å². The van der Waals surface area contributed by atoms with Crippen LogP contribution in [0.5, 0.6) is 0 Å². The van der Waals surface area contributed by atoms with E-state index in [1.165, 1.54) is 4.90 Å². The number of benzene rings is 3. The van der Waals surface area contributed by atoms with Gasteiger partial charge >= 0.3 is 6.09 Å². The van der Waals surface area contributed by atoms with Crippen LogP contribution in [0, 0.1) is 0 Å². The number of nitrogens with one attached hydrogen (secondary N) is 2. The number of rotatable bonds is 3. The third-order valence-electron chi connectivity index (χ3n) is 5.18.